The van der Waals surface area contributed by atoms with E-state index in [9.17, 15) is 4.39 Å². The van der Waals surface area contributed by atoms with Gasteiger partial charge in [0.25, 0.3) is 0 Å². The van der Waals surface area contributed by atoms with Crippen molar-refractivity contribution in [2.75, 3.05) is 24.2 Å². The molecule has 0 aliphatic heterocycles. The summed E-state index contributed by atoms with van der Waals surface area (Å²) < 4.78 is 18.8. The SMILES string of the molecule is CCCOc1nc(N)nc(NCCc2ccccc2F)n1. The number of rotatable bonds is 7. The van der Waals surface area contributed by atoms with Crippen LogP contribution in [0.3, 0.4) is 0 Å². The van der Waals surface area contributed by atoms with Crippen LogP contribution in [-0.2, 0) is 6.42 Å². The van der Waals surface area contributed by atoms with Gasteiger partial charge in [-0.25, -0.2) is 4.39 Å². The highest BCUT2D eigenvalue weighted by Crippen LogP contribution is 2.10. The number of nitrogen functional groups attached to an aromatic ring is 1. The number of nitrogens with one attached hydrogen (secondary N) is 1. The molecule has 0 saturated heterocycles. The van der Waals surface area contributed by atoms with Gasteiger partial charge in [-0.05, 0) is 24.5 Å². The lowest BCUT2D eigenvalue weighted by molar-refractivity contribution is 0.292. The number of hydrogen-bond donors (Lipinski definition) is 2. The summed E-state index contributed by atoms with van der Waals surface area (Å²) in [4.78, 5) is 11.9. The molecule has 7 heteroatoms. The van der Waals surface area contributed by atoms with Gasteiger partial charge in [-0.2, -0.15) is 15.0 Å². The molecule has 1 aromatic heterocycles. The topological polar surface area (TPSA) is 86.0 Å². The number of hydrogen-bond acceptors (Lipinski definition) is 6. The number of nitrogens with two attached hydrogens (primary N) is 1. The van der Waals surface area contributed by atoms with Crippen LogP contribution in [0.2, 0.25) is 0 Å². The van der Waals surface area contributed by atoms with Crippen molar-refractivity contribution in [1.29, 1.82) is 0 Å². The van der Waals surface area contributed by atoms with Crippen LogP contribution >= 0.6 is 0 Å². The number of aromatic nitrogens is 3. The van der Waals surface area contributed by atoms with Crippen molar-refractivity contribution in [3.05, 3.63) is 35.6 Å². The Hall–Kier alpha value is -2.44. The number of nitrogens with zero attached hydrogens (tertiary/aromatic N) is 3. The van der Waals surface area contributed by atoms with Gasteiger partial charge in [-0.3, -0.25) is 0 Å². The van der Waals surface area contributed by atoms with Crippen LogP contribution in [0.5, 0.6) is 6.01 Å². The average molecular weight is 291 g/mol. The molecule has 0 fully saturated rings. The number of ether oxygens (including phenoxy) is 1. The van der Waals surface area contributed by atoms with Crippen LogP contribution in [0.15, 0.2) is 24.3 Å². The predicted octanol–water partition coefficient (Wildman–Crippen LogP) is 2.04. The summed E-state index contributed by atoms with van der Waals surface area (Å²) in [6.07, 6.45) is 1.37. The van der Waals surface area contributed by atoms with E-state index in [2.05, 4.69) is 20.3 Å². The van der Waals surface area contributed by atoms with Crippen molar-refractivity contribution in [2.45, 2.75) is 19.8 Å². The third kappa shape index (κ3) is 4.55. The predicted molar refractivity (Wildman–Crippen MR) is 78.6 cm³/mol. The summed E-state index contributed by atoms with van der Waals surface area (Å²) in [5.74, 6) is 0.191. The maximum absolute atomic E-state index is 13.5. The Morgan fingerprint density at radius 2 is 2.05 bits per heavy atom. The van der Waals surface area contributed by atoms with E-state index in [4.69, 9.17) is 10.5 Å². The molecule has 0 bridgehead atoms. The molecule has 3 N–H and O–H groups in total. The van der Waals surface area contributed by atoms with Gasteiger partial charge in [0.05, 0.1) is 6.61 Å². The van der Waals surface area contributed by atoms with Crippen LogP contribution in [0.25, 0.3) is 0 Å². The van der Waals surface area contributed by atoms with E-state index in [-0.39, 0.29) is 17.8 Å². The Morgan fingerprint density at radius 3 is 2.81 bits per heavy atom. The highest BCUT2D eigenvalue weighted by molar-refractivity contribution is 5.33. The average Bonchev–Trinajstić information content (AvgIpc) is 2.47. The van der Waals surface area contributed by atoms with Gasteiger partial charge in [0.2, 0.25) is 11.9 Å². The molecule has 0 spiro atoms. The quantitative estimate of drug-likeness (QED) is 0.812. The molecule has 21 heavy (non-hydrogen) atoms. The van der Waals surface area contributed by atoms with E-state index in [0.717, 1.165) is 6.42 Å². The first-order valence-electron chi connectivity index (χ1n) is 6.80. The number of benzene rings is 1. The van der Waals surface area contributed by atoms with E-state index >= 15 is 0 Å². The summed E-state index contributed by atoms with van der Waals surface area (Å²) in [7, 11) is 0. The molecule has 112 valence electrons. The molecule has 0 aliphatic rings. The molecule has 0 aliphatic carbocycles. The first-order chi connectivity index (χ1) is 10.2. The van der Waals surface area contributed by atoms with Crippen molar-refractivity contribution >= 4 is 11.9 Å². The van der Waals surface area contributed by atoms with Gasteiger partial charge >= 0.3 is 6.01 Å². The smallest absolute Gasteiger partial charge is 0.323 e. The molecule has 0 radical (unpaired) electrons. The highest BCUT2D eigenvalue weighted by Gasteiger charge is 2.06. The van der Waals surface area contributed by atoms with Crippen molar-refractivity contribution in [2.24, 2.45) is 0 Å². The Labute approximate surface area is 122 Å². The fourth-order valence-corrected chi connectivity index (χ4v) is 1.72. The molecule has 2 rings (SSSR count). The zero-order valence-electron chi connectivity index (χ0n) is 11.8. The minimum atomic E-state index is -0.221. The lowest BCUT2D eigenvalue weighted by Crippen LogP contribution is -2.12. The molecule has 0 unspecified atom stereocenters. The van der Waals surface area contributed by atoms with Gasteiger partial charge in [0, 0.05) is 6.54 Å². The fraction of sp³-hybridized carbons (Fsp3) is 0.357. The second-order valence-corrected chi connectivity index (χ2v) is 4.42. The second-order valence-electron chi connectivity index (χ2n) is 4.42. The summed E-state index contributed by atoms with van der Waals surface area (Å²) in [6, 6.07) is 6.84. The van der Waals surface area contributed by atoms with Crippen molar-refractivity contribution in [3.8, 4) is 6.01 Å². The summed E-state index contributed by atoms with van der Waals surface area (Å²) in [6.45, 7) is 2.98. The molecule has 1 heterocycles. The number of anilines is 2. The summed E-state index contributed by atoms with van der Waals surface area (Å²) in [5, 5.41) is 2.99. The molecular weight excluding hydrogens is 273 g/mol. The molecule has 1 aromatic carbocycles. The molecule has 2 aromatic rings. The Kier molecular flexibility index (Phi) is 5.25. The Bertz CT molecular complexity index is 593. The van der Waals surface area contributed by atoms with Gasteiger partial charge < -0.3 is 15.8 Å². The highest BCUT2D eigenvalue weighted by atomic mass is 19.1. The Morgan fingerprint density at radius 1 is 1.24 bits per heavy atom. The van der Waals surface area contributed by atoms with E-state index in [1.54, 1.807) is 18.2 Å². The van der Waals surface area contributed by atoms with Crippen LogP contribution in [0, 0.1) is 5.82 Å². The van der Waals surface area contributed by atoms with Crippen LogP contribution in [0.4, 0.5) is 16.3 Å². The van der Waals surface area contributed by atoms with Gasteiger partial charge in [-0.15, -0.1) is 0 Å². The number of halogens is 1. The molecule has 0 amide bonds. The molecule has 0 atom stereocenters. The van der Waals surface area contributed by atoms with E-state index in [1.165, 1.54) is 6.07 Å². The molecular formula is C14H18FN5O. The summed E-state index contributed by atoms with van der Waals surface area (Å²) in [5.41, 5.74) is 6.23. The second kappa shape index (κ2) is 7.37. The standard InChI is InChI=1S/C14H18FN5O/c1-2-9-21-14-19-12(16)18-13(20-14)17-8-7-10-5-3-4-6-11(10)15/h3-6H,2,7-9H2,1H3,(H3,16,17,18,19,20). The lowest BCUT2D eigenvalue weighted by Gasteiger charge is -2.08. The van der Waals surface area contributed by atoms with Crippen LogP contribution < -0.4 is 15.8 Å². The maximum Gasteiger partial charge on any atom is 0.323 e. The van der Waals surface area contributed by atoms with E-state index in [1.807, 2.05) is 6.92 Å². The third-order valence-corrected chi connectivity index (χ3v) is 2.70. The van der Waals surface area contributed by atoms with Crippen molar-refractivity contribution in [3.63, 3.8) is 0 Å². The minimum Gasteiger partial charge on any atom is -0.463 e. The lowest BCUT2D eigenvalue weighted by atomic mass is 10.1. The van der Waals surface area contributed by atoms with E-state index in [0.29, 0.717) is 31.1 Å². The summed E-state index contributed by atoms with van der Waals surface area (Å²) >= 11 is 0. The first-order valence-corrected chi connectivity index (χ1v) is 6.80. The van der Waals surface area contributed by atoms with Crippen LogP contribution in [0.1, 0.15) is 18.9 Å². The van der Waals surface area contributed by atoms with E-state index < -0.39 is 0 Å². The van der Waals surface area contributed by atoms with Gasteiger partial charge in [0.15, 0.2) is 0 Å². The monoisotopic (exact) mass is 291 g/mol. The first kappa shape index (κ1) is 15.0. The maximum atomic E-state index is 13.5. The van der Waals surface area contributed by atoms with Crippen LogP contribution in [-0.4, -0.2) is 28.1 Å². The molecule has 0 saturated carbocycles. The molecule has 6 nitrogen and oxygen atoms in total. The van der Waals surface area contributed by atoms with Gasteiger partial charge in [0.1, 0.15) is 5.82 Å². The zero-order chi connectivity index (χ0) is 15.1. The normalized spacial score (nSPS) is 10.4. The zero-order valence-corrected chi connectivity index (χ0v) is 11.8. The van der Waals surface area contributed by atoms with Crippen molar-refractivity contribution in [1.82, 2.24) is 15.0 Å². The Balaban J connectivity index is 1.93. The van der Waals surface area contributed by atoms with Crippen molar-refractivity contribution < 1.29 is 9.13 Å². The van der Waals surface area contributed by atoms with Gasteiger partial charge in [-0.1, -0.05) is 25.1 Å². The minimum absolute atomic E-state index is 0.0875. The third-order valence-electron chi connectivity index (χ3n) is 2.70. The largest absolute Gasteiger partial charge is 0.463 e. The fourth-order valence-electron chi connectivity index (χ4n) is 1.72.